The molecule has 0 aliphatic rings. The number of methoxy groups -OCH3 is 2. The Morgan fingerprint density at radius 3 is 2.57 bits per heavy atom. The van der Waals surface area contributed by atoms with Crippen molar-refractivity contribution in [2.45, 2.75) is 0 Å². The second-order valence-electron chi connectivity index (χ2n) is 5.29. The average molecular weight is 306 g/mol. The molecule has 0 aliphatic carbocycles. The fraction of sp³-hybridized carbons (Fsp3) is 0.105. The zero-order valence-electron chi connectivity index (χ0n) is 12.8. The fourth-order valence-electron chi connectivity index (χ4n) is 2.94. The maximum Gasteiger partial charge on any atom is 0.201 e. The molecule has 0 saturated carbocycles. The van der Waals surface area contributed by atoms with Gasteiger partial charge in [-0.1, -0.05) is 12.1 Å². The first kappa shape index (κ1) is 13.6. The summed E-state index contributed by atoms with van der Waals surface area (Å²) < 4.78 is 16.5. The molecule has 0 radical (unpaired) electrons. The second-order valence-corrected chi connectivity index (χ2v) is 5.29. The van der Waals surface area contributed by atoms with Crippen LogP contribution in [0.1, 0.15) is 0 Å². The summed E-state index contributed by atoms with van der Waals surface area (Å²) in [7, 11) is 3.18. The largest absolute Gasteiger partial charge is 0.497 e. The first-order chi connectivity index (χ1) is 11.2. The van der Waals surface area contributed by atoms with Gasteiger partial charge in [-0.05, 0) is 47.2 Å². The van der Waals surface area contributed by atoms with Crippen molar-refractivity contribution < 1.29 is 13.9 Å². The summed E-state index contributed by atoms with van der Waals surface area (Å²) in [4.78, 5) is 13.0. The van der Waals surface area contributed by atoms with E-state index in [1.54, 1.807) is 32.4 Å². The van der Waals surface area contributed by atoms with Crippen LogP contribution in [0.2, 0.25) is 0 Å². The maximum absolute atomic E-state index is 13.0. The molecule has 4 heteroatoms. The summed E-state index contributed by atoms with van der Waals surface area (Å²) in [6, 6.07) is 14.7. The van der Waals surface area contributed by atoms with Gasteiger partial charge in [0.15, 0.2) is 11.3 Å². The van der Waals surface area contributed by atoms with E-state index >= 15 is 0 Å². The van der Waals surface area contributed by atoms with Crippen molar-refractivity contribution in [3.63, 3.8) is 0 Å². The molecule has 0 unspecified atom stereocenters. The summed E-state index contributed by atoms with van der Waals surface area (Å²) in [5.41, 5.74) is 0.959. The van der Waals surface area contributed by atoms with Crippen molar-refractivity contribution in [1.29, 1.82) is 0 Å². The Morgan fingerprint density at radius 1 is 0.913 bits per heavy atom. The Bertz CT molecular complexity index is 1110. The molecular weight excluding hydrogens is 292 g/mol. The van der Waals surface area contributed by atoms with Gasteiger partial charge in [-0.25, -0.2) is 0 Å². The summed E-state index contributed by atoms with van der Waals surface area (Å²) in [6.07, 6.45) is 0. The number of fused-ring (bicyclic) bond motifs is 4. The zero-order chi connectivity index (χ0) is 16.0. The Hall–Kier alpha value is -3.01. The van der Waals surface area contributed by atoms with E-state index in [2.05, 4.69) is 0 Å². The molecule has 1 aromatic heterocycles. The zero-order valence-corrected chi connectivity index (χ0v) is 12.8. The van der Waals surface area contributed by atoms with Crippen LogP contribution < -0.4 is 14.9 Å². The number of hydrogen-bond donors (Lipinski definition) is 0. The number of benzene rings is 3. The Morgan fingerprint density at radius 2 is 1.78 bits per heavy atom. The molecule has 0 saturated heterocycles. The summed E-state index contributed by atoms with van der Waals surface area (Å²) >= 11 is 0. The van der Waals surface area contributed by atoms with Crippen LogP contribution in [0.3, 0.4) is 0 Å². The predicted molar refractivity (Wildman–Crippen MR) is 90.6 cm³/mol. The highest BCUT2D eigenvalue weighted by Crippen LogP contribution is 2.31. The lowest BCUT2D eigenvalue weighted by Crippen LogP contribution is -2.03. The molecule has 0 fully saturated rings. The van der Waals surface area contributed by atoms with Crippen LogP contribution in [0.25, 0.3) is 32.7 Å². The number of hydrogen-bond acceptors (Lipinski definition) is 4. The lowest BCUT2D eigenvalue weighted by molar-refractivity contribution is 0.411. The molecule has 0 amide bonds. The third-order valence-corrected chi connectivity index (χ3v) is 4.07. The molecule has 114 valence electrons. The molecular formula is C19H14O4. The van der Waals surface area contributed by atoms with Gasteiger partial charge < -0.3 is 13.9 Å². The first-order valence-corrected chi connectivity index (χ1v) is 7.23. The molecule has 0 bridgehead atoms. The van der Waals surface area contributed by atoms with E-state index in [1.807, 2.05) is 30.3 Å². The quantitative estimate of drug-likeness (QED) is 0.413. The molecule has 23 heavy (non-hydrogen) atoms. The van der Waals surface area contributed by atoms with E-state index in [-0.39, 0.29) is 5.43 Å². The summed E-state index contributed by atoms with van der Waals surface area (Å²) in [6.45, 7) is 0. The average Bonchev–Trinajstić information content (AvgIpc) is 2.60. The van der Waals surface area contributed by atoms with Crippen LogP contribution in [0, 0.1) is 0 Å². The Kier molecular flexibility index (Phi) is 2.98. The minimum absolute atomic E-state index is 0.0593. The van der Waals surface area contributed by atoms with Gasteiger partial charge in [0.25, 0.3) is 0 Å². The molecule has 4 nitrogen and oxygen atoms in total. The first-order valence-electron chi connectivity index (χ1n) is 7.23. The van der Waals surface area contributed by atoms with Crippen molar-refractivity contribution in [1.82, 2.24) is 0 Å². The van der Waals surface area contributed by atoms with Gasteiger partial charge in [-0.3, -0.25) is 4.79 Å². The van der Waals surface area contributed by atoms with Gasteiger partial charge >= 0.3 is 0 Å². The lowest BCUT2D eigenvalue weighted by atomic mass is 10.0. The number of ether oxygens (including phenoxy) is 2. The molecule has 0 atom stereocenters. The van der Waals surface area contributed by atoms with E-state index in [1.165, 1.54) is 0 Å². The van der Waals surface area contributed by atoms with Gasteiger partial charge in [0.1, 0.15) is 11.3 Å². The highest BCUT2D eigenvalue weighted by molar-refractivity contribution is 6.08. The van der Waals surface area contributed by atoms with Crippen molar-refractivity contribution in [3.05, 3.63) is 58.8 Å². The number of rotatable bonds is 2. The standard InChI is InChI=1S/C19H14O4/c1-21-12-7-8-13-11(10-12)6-9-15-17(13)18(20)14-4-3-5-16(22-2)19(14)23-15/h3-10H,1-2H3. The van der Waals surface area contributed by atoms with Crippen LogP contribution in [-0.2, 0) is 0 Å². The second kappa shape index (κ2) is 5.02. The summed E-state index contributed by atoms with van der Waals surface area (Å²) in [5.74, 6) is 1.31. The topological polar surface area (TPSA) is 48.7 Å². The molecule has 0 aliphatic heterocycles. The fourth-order valence-corrected chi connectivity index (χ4v) is 2.94. The third-order valence-electron chi connectivity index (χ3n) is 4.07. The van der Waals surface area contributed by atoms with E-state index < -0.39 is 0 Å². The van der Waals surface area contributed by atoms with Crippen molar-refractivity contribution in [3.8, 4) is 11.5 Å². The van der Waals surface area contributed by atoms with Gasteiger partial charge in [0.2, 0.25) is 5.43 Å². The monoisotopic (exact) mass is 306 g/mol. The maximum atomic E-state index is 13.0. The van der Waals surface area contributed by atoms with Gasteiger partial charge in [0, 0.05) is 0 Å². The van der Waals surface area contributed by atoms with Crippen molar-refractivity contribution >= 4 is 32.7 Å². The van der Waals surface area contributed by atoms with Gasteiger partial charge in [-0.15, -0.1) is 0 Å². The Balaban J connectivity index is 2.21. The molecule has 0 spiro atoms. The minimum Gasteiger partial charge on any atom is -0.497 e. The predicted octanol–water partition coefficient (Wildman–Crippen LogP) is 4.12. The van der Waals surface area contributed by atoms with Crippen LogP contribution in [0.5, 0.6) is 11.5 Å². The number of para-hydroxylation sites is 1. The van der Waals surface area contributed by atoms with Crippen molar-refractivity contribution in [2.24, 2.45) is 0 Å². The molecule has 1 heterocycles. The van der Waals surface area contributed by atoms with Crippen LogP contribution in [-0.4, -0.2) is 14.2 Å². The van der Waals surface area contributed by atoms with Gasteiger partial charge in [-0.2, -0.15) is 0 Å². The van der Waals surface area contributed by atoms with Crippen molar-refractivity contribution in [2.75, 3.05) is 14.2 Å². The van der Waals surface area contributed by atoms with E-state index in [0.717, 1.165) is 16.5 Å². The van der Waals surface area contributed by atoms with E-state index in [9.17, 15) is 4.79 Å². The molecule has 0 N–H and O–H groups in total. The van der Waals surface area contributed by atoms with Crippen LogP contribution in [0.15, 0.2) is 57.7 Å². The molecule has 4 rings (SSSR count). The minimum atomic E-state index is -0.0593. The van der Waals surface area contributed by atoms with Crippen LogP contribution >= 0.6 is 0 Å². The SMILES string of the molecule is COc1ccc2c(ccc3oc4c(OC)cccc4c(=O)c32)c1. The van der Waals surface area contributed by atoms with E-state index in [0.29, 0.717) is 27.7 Å². The van der Waals surface area contributed by atoms with Crippen LogP contribution in [0.4, 0.5) is 0 Å². The molecule has 4 aromatic rings. The highest BCUT2D eigenvalue weighted by Gasteiger charge is 2.14. The lowest BCUT2D eigenvalue weighted by Gasteiger charge is -2.08. The highest BCUT2D eigenvalue weighted by atomic mass is 16.5. The normalized spacial score (nSPS) is 11.2. The molecule has 3 aromatic carbocycles. The smallest absolute Gasteiger partial charge is 0.201 e. The summed E-state index contributed by atoms with van der Waals surface area (Å²) in [5, 5.41) is 2.87. The third kappa shape index (κ3) is 1.95. The van der Waals surface area contributed by atoms with Gasteiger partial charge in [0.05, 0.1) is 25.0 Å². The van der Waals surface area contributed by atoms with E-state index in [4.69, 9.17) is 13.9 Å². The Labute approximate surface area is 131 Å².